The molecule has 1 fully saturated rings. The van der Waals surface area contributed by atoms with Gasteiger partial charge in [-0.3, -0.25) is 10.1 Å². The van der Waals surface area contributed by atoms with Crippen molar-refractivity contribution in [3.8, 4) is 11.5 Å². The van der Waals surface area contributed by atoms with Crippen LogP contribution in [0.25, 0.3) is 0 Å². The lowest BCUT2D eigenvalue weighted by Gasteiger charge is -2.42. The van der Waals surface area contributed by atoms with Crippen molar-refractivity contribution in [3.05, 3.63) is 63.2 Å². The smallest absolute Gasteiger partial charge is 0.269 e. The molecule has 0 saturated carbocycles. The van der Waals surface area contributed by atoms with E-state index in [0.717, 1.165) is 43.7 Å². The van der Waals surface area contributed by atoms with E-state index in [1.807, 2.05) is 12.1 Å². The lowest BCUT2D eigenvalue weighted by Crippen LogP contribution is -3.00. The number of hydrogen-bond acceptors (Lipinski definition) is 5. The van der Waals surface area contributed by atoms with Crippen LogP contribution < -0.4 is 27.2 Å². The zero-order valence-corrected chi connectivity index (χ0v) is 17.3. The largest absolute Gasteiger partial charge is 1.00 e. The Kier molecular flexibility index (Phi) is 6.31. The Balaban J connectivity index is 0.00000240. The SMILES string of the molecule is COc1cc2c(cc1OC)C1(CCOCC1)C[NH2+]C2c1cccc([N+](=O)[O-])c1.[Cl-]. The van der Waals surface area contributed by atoms with Gasteiger partial charge in [0, 0.05) is 41.9 Å². The van der Waals surface area contributed by atoms with E-state index in [1.165, 1.54) is 11.6 Å². The number of fused-ring (bicyclic) bond motifs is 2. The molecule has 8 heteroatoms. The van der Waals surface area contributed by atoms with Crippen molar-refractivity contribution in [2.24, 2.45) is 0 Å². The number of nitrogens with zero attached hydrogens (tertiary/aromatic N) is 1. The van der Waals surface area contributed by atoms with Gasteiger partial charge in [0.25, 0.3) is 5.69 Å². The molecule has 2 aromatic carbocycles. The maximum absolute atomic E-state index is 11.3. The van der Waals surface area contributed by atoms with Crippen LogP contribution in [0.4, 0.5) is 5.69 Å². The van der Waals surface area contributed by atoms with Gasteiger partial charge in [-0.05, 0) is 30.5 Å². The summed E-state index contributed by atoms with van der Waals surface area (Å²) in [5.41, 5.74) is 3.42. The highest BCUT2D eigenvalue weighted by atomic mass is 35.5. The highest BCUT2D eigenvalue weighted by Crippen LogP contribution is 2.45. The van der Waals surface area contributed by atoms with Crippen molar-refractivity contribution < 1.29 is 36.9 Å². The first-order valence-corrected chi connectivity index (χ1v) is 9.50. The number of benzene rings is 2. The number of halogens is 1. The van der Waals surface area contributed by atoms with Crippen LogP contribution in [0.1, 0.15) is 35.6 Å². The number of methoxy groups -OCH3 is 2. The van der Waals surface area contributed by atoms with E-state index in [0.29, 0.717) is 11.5 Å². The number of ether oxygens (including phenoxy) is 3. The normalized spacial score (nSPS) is 19.7. The lowest BCUT2D eigenvalue weighted by molar-refractivity contribution is -0.699. The molecule has 0 amide bonds. The molecule has 0 bridgehead atoms. The quantitative estimate of drug-likeness (QED) is 0.523. The summed E-state index contributed by atoms with van der Waals surface area (Å²) in [7, 11) is 3.28. The fourth-order valence-corrected chi connectivity index (χ4v) is 4.57. The minimum absolute atomic E-state index is 0. The van der Waals surface area contributed by atoms with Gasteiger partial charge < -0.3 is 31.9 Å². The van der Waals surface area contributed by atoms with E-state index >= 15 is 0 Å². The molecular formula is C21H25ClN2O5. The molecule has 1 unspecified atom stereocenters. The van der Waals surface area contributed by atoms with Crippen molar-refractivity contribution >= 4 is 5.69 Å². The molecule has 1 atom stereocenters. The zero-order valence-electron chi connectivity index (χ0n) is 16.5. The number of nitro groups is 1. The van der Waals surface area contributed by atoms with Gasteiger partial charge in [-0.15, -0.1) is 0 Å². The van der Waals surface area contributed by atoms with Gasteiger partial charge in [0.15, 0.2) is 11.5 Å². The molecule has 0 aromatic heterocycles. The molecule has 4 rings (SSSR count). The number of non-ortho nitro benzene ring substituents is 1. The molecule has 1 saturated heterocycles. The van der Waals surface area contributed by atoms with Crippen molar-refractivity contribution in [2.45, 2.75) is 24.3 Å². The lowest BCUT2D eigenvalue weighted by atomic mass is 9.68. The van der Waals surface area contributed by atoms with Crippen LogP contribution in [0, 0.1) is 10.1 Å². The Morgan fingerprint density at radius 3 is 2.48 bits per heavy atom. The Hall–Kier alpha value is -2.35. The van der Waals surface area contributed by atoms with Gasteiger partial charge in [-0.1, -0.05) is 12.1 Å². The van der Waals surface area contributed by atoms with Gasteiger partial charge in [0.1, 0.15) is 6.04 Å². The monoisotopic (exact) mass is 420 g/mol. The van der Waals surface area contributed by atoms with Crippen LogP contribution in [0.5, 0.6) is 11.5 Å². The molecule has 0 aliphatic carbocycles. The second-order valence-electron chi connectivity index (χ2n) is 7.46. The van der Waals surface area contributed by atoms with Crippen LogP contribution in [0.15, 0.2) is 36.4 Å². The van der Waals surface area contributed by atoms with E-state index in [4.69, 9.17) is 14.2 Å². The first-order chi connectivity index (χ1) is 13.6. The predicted octanol–water partition coefficient (Wildman–Crippen LogP) is -0.669. The summed E-state index contributed by atoms with van der Waals surface area (Å²) in [5.74, 6) is 1.39. The zero-order chi connectivity index (χ0) is 19.7. The molecule has 2 aliphatic heterocycles. The summed E-state index contributed by atoms with van der Waals surface area (Å²) >= 11 is 0. The maximum atomic E-state index is 11.3. The van der Waals surface area contributed by atoms with E-state index in [1.54, 1.807) is 26.4 Å². The van der Waals surface area contributed by atoms with E-state index < -0.39 is 0 Å². The molecule has 1 spiro atoms. The number of nitro benzene ring substituents is 1. The molecule has 7 nitrogen and oxygen atoms in total. The minimum Gasteiger partial charge on any atom is -1.00 e. The summed E-state index contributed by atoms with van der Waals surface area (Å²) in [6, 6.07) is 11.0. The Bertz CT molecular complexity index is 899. The second kappa shape index (κ2) is 8.57. The number of nitrogens with two attached hydrogens (primary N) is 1. The van der Waals surface area contributed by atoms with Gasteiger partial charge in [0.2, 0.25) is 0 Å². The third-order valence-electron chi connectivity index (χ3n) is 6.10. The fourth-order valence-electron chi connectivity index (χ4n) is 4.57. The molecule has 29 heavy (non-hydrogen) atoms. The molecule has 2 heterocycles. The Morgan fingerprint density at radius 2 is 1.83 bits per heavy atom. The van der Waals surface area contributed by atoms with Crippen molar-refractivity contribution in [2.75, 3.05) is 34.0 Å². The summed E-state index contributed by atoms with van der Waals surface area (Å²) < 4.78 is 16.7. The fraction of sp³-hybridized carbons (Fsp3) is 0.429. The third-order valence-corrected chi connectivity index (χ3v) is 6.10. The first-order valence-electron chi connectivity index (χ1n) is 9.50. The first kappa shape index (κ1) is 21.4. The standard InChI is InChI=1S/C21H24N2O5.ClH/c1-26-18-11-16-17(12-19(18)27-2)21(6-8-28-9-7-21)13-22-20(16)14-4-3-5-15(10-14)23(24)25;/h3-5,10-12,20,22H,6-9,13H2,1-2H3;1H. The van der Waals surface area contributed by atoms with Gasteiger partial charge in [-0.2, -0.15) is 0 Å². The van der Waals surface area contributed by atoms with Crippen molar-refractivity contribution in [1.29, 1.82) is 0 Å². The predicted molar refractivity (Wildman–Crippen MR) is 103 cm³/mol. The van der Waals surface area contributed by atoms with Crippen LogP contribution in [-0.4, -0.2) is 38.9 Å². The highest BCUT2D eigenvalue weighted by Gasteiger charge is 2.45. The maximum Gasteiger partial charge on any atom is 0.269 e. The van der Waals surface area contributed by atoms with Crippen LogP contribution in [-0.2, 0) is 10.2 Å². The summed E-state index contributed by atoms with van der Waals surface area (Å²) in [6.45, 7) is 2.39. The average molecular weight is 421 g/mol. The van der Waals surface area contributed by atoms with E-state index in [-0.39, 0.29) is 34.5 Å². The number of rotatable bonds is 4. The van der Waals surface area contributed by atoms with Crippen LogP contribution in [0.2, 0.25) is 0 Å². The minimum atomic E-state index is -0.345. The van der Waals surface area contributed by atoms with E-state index in [2.05, 4.69) is 11.4 Å². The molecule has 2 N–H and O–H groups in total. The number of quaternary nitrogens is 1. The summed E-state index contributed by atoms with van der Waals surface area (Å²) in [6.07, 6.45) is 1.90. The summed E-state index contributed by atoms with van der Waals surface area (Å²) in [5, 5.41) is 13.5. The average Bonchev–Trinajstić information content (AvgIpc) is 2.74. The molecule has 2 aromatic rings. The summed E-state index contributed by atoms with van der Waals surface area (Å²) in [4.78, 5) is 10.9. The topological polar surface area (TPSA) is 87.4 Å². The van der Waals surface area contributed by atoms with Gasteiger partial charge in [0.05, 0.1) is 25.7 Å². The second-order valence-corrected chi connectivity index (χ2v) is 7.46. The molecular weight excluding hydrogens is 396 g/mol. The van der Waals surface area contributed by atoms with Gasteiger partial charge >= 0.3 is 0 Å². The van der Waals surface area contributed by atoms with Crippen LogP contribution in [0.3, 0.4) is 0 Å². The Labute approximate surface area is 175 Å². The molecule has 156 valence electrons. The van der Waals surface area contributed by atoms with Crippen LogP contribution >= 0.6 is 0 Å². The van der Waals surface area contributed by atoms with Crippen molar-refractivity contribution in [1.82, 2.24) is 0 Å². The highest BCUT2D eigenvalue weighted by molar-refractivity contribution is 5.54. The van der Waals surface area contributed by atoms with Gasteiger partial charge in [-0.25, -0.2) is 0 Å². The third kappa shape index (κ3) is 3.77. The molecule has 0 radical (unpaired) electrons. The Morgan fingerprint density at radius 1 is 1.14 bits per heavy atom. The van der Waals surface area contributed by atoms with Crippen molar-refractivity contribution in [3.63, 3.8) is 0 Å². The van der Waals surface area contributed by atoms with E-state index in [9.17, 15) is 10.1 Å². The molecule has 2 aliphatic rings. The number of hydrogen-bond donors (Lipinski definition) is 1.